The van der Waals surface area contributed by atoms with Crippen molar-refractivity contribution >= 4 is 63.3 Å². The van der Waals surface area contributed by atoms with E-state index in [1.54, 1.807) is 0 Å². The molecule has 0 N–H and O–H groups in total. The van der Waals surface area contributed by atoms with Crippen LogP contribution < -0.4 is 14.7 Å². The largest absolute Gasteiger partial charge is 0.311 e. The molecule has 0 fully saturated rings. The van der Waals surface area contributed by atoms with Gasteiger partial charge in [0.05, 0.1) is 0 Å². The predicted molar refractivity (Wildman–Crippen MR) is 273 cm³/mol. The molecule has 6 heteroatoms. The lowest BCUT2D eigenvalue weighted by Crippen LogP contribution is -2.13. The molecular weight excluding hydrogens is 793 g/mol. The highest BCUT2D eigenvalue weighted by Crippen LogP contribution is 2.41. The van der Waals surface area contributed by atoms with Crippen LogP contribution in [-0.2, 0) is 0 Å². The zero-order chi connectivity index (χ0) is 42.9. The first kappa shape index (κ1) is 41.6. The summed E-state index contributed by atoms with van der Waals surface area (Å²) in [6.45, 7) is 0. The van der Waals surface area contributed by atoms with Gasteiger partial charge in [0.2, 0.25) is 0 Å². The maximum absolute atomic E-state index is 4.76. The van der Waals surface area contributed by atoms with Crippen molar-refractivity contribution in [2.45, 2.75) is 7.43 Å². The fraction of sp³-hybridized carbons (Fsp3) is 0.0169. The fourth-order valence-electron chi connectivity index (χ4n) is 8.07. The molecule has 0 saturated heterocycles. The highest BCUT2D eigenvalue weighted by Gasteiger charge is 2.20. The maximum Gasteiger partial charge on any atom is 0.168 e. The van der Waals surface area contributed by atoms with Crippen LogP contribution in [0.5, 0.6) is 0 Å². The Morgan fingerprint density at radius 2 is 0.585 bits per heavy atom. The van der Waals surface area contributed by atoms with Crippen LogP contribution in [0.2, 0.25) is 0 Å². The van der Waals surface area contributed by atoms with Gasteiger partial charge < -0.3 is 14.7 Å². The number of anilines is 9. The van der Waals surface area contributed by atoms with Gasteiger partial charge in [-0.1, -0.05) is 135 Å². The molecule has 6 nitrogen and oxygen atoms in total. The number of hydrogen-bond acceptors (Lipinski definition) is 5. The molecule has 0 radical (unpaired) electrons. The molecule has 0 atom stereocenters. The summed E-state index contributed by atoms with van der Waals surface area (Å²) < 4.78 is 2.11. The molecule has 0 bridgehead atoms. The van der Waals surface area contributed by atoms with Gasteiger partial charge in [-0.3, -0.25) is 4.57 Å². The predicted octanol–water partition coefficient (Wildman–Crippen LogP) is 16.2. The second-order valence-corrected chi connectivity index (χ2v) is 15.2. The first-order valence-corrected chi connectivity index (χ1v) is 21.4. The average molecular weight is 841 g/mol. The van der Waals surface area contributed by atoms with Crippen molar-refractivity contribution in [1.29, 1.82) is 0 Å². The van der Waals surface area contributed by atoms with Crippen LogP contribution in [-0.4, -0.2) is 14.8 Å². The molecule has 65 heavy (non-hydrogen) atoms. The standard InChI is InChI=1S/C58H44N6.CH4/c1-7-19-45(20-8-1)31-44-57-59-60-58(64(57)51-29-17-6-18-30-51)46-32-34-52(35-33-46)63(55-40-36-53(37-41-55)61(47-21-9-2-10-22-47)48-23-11-3-12-24-48)56-42-38-54(39-43-56)62(49-25-13-4-14-26-49)50-27-15-5-16-28-50;/h1-44H;1H4. The number of rotatable bonds is 13. The summed E-state index contributed by atoms with van der Waals surface area (Å²) in [6.07, 6.45) is 4.10. The normalized spacial score (nSPS) is 10.9. The molecule has 0 aliphatic carbocycles. The van der Waals surface area contributed by atoms with Crippen LogP contribution >= 0.6 is 0 Å². The van der Waals surface area contributed by atoms with Crippen molar-refractivity contribution in [2.75, 3.05) is 14.7 Å². The summed E-state index contributed by atoms with van der Waals surface area (Å²) in [5.41, 5.74) is 12.6. The van der Waals surface area contributed by atoms with E-state index in [4.69, 9.17) is 5.10 Å². The van der Waals surface area contributed by atoms with Crippen molar-refractivity contribution in [3.05, 3.63) is 266 Å². The van der Waals surface area contributed by atoms with E-state index in [0.29, 0.717) is 0 Å². The fourth-order valence-corrected chi connectivity index (χ4v) is 8.07. The lowest BCUT2D eigenvalue weighted by atomic mass is 10.1. The lowest BCUT2D eigenvalue weighted by molar-refractivity contribution is 1.04. The molecule has 9 aromatic carbocycles. The quantitative estimate of drug-likeness (QED) is 0.116. The molecule has 0 spiro atoms. The van der Waals surface area contributed by atoms with Gasteiger partial charge in [0.1, 0.15) is 0 Å². The van der Waals surface area contributed by atoms with E-state index < -0.39 is 0 Å². The minimum Gasteiger partial charge on any atom is -0.311 e. The first-order valence-electron chi connectivity index (χ1n) is 21.4. The molecule has 314 valence electrons. The van der Waals surface area contributed by atoms with Crippen LogP contribution in [0.25, 0.3) is 29.2 Å². The molecule has 0 unspecified atom stereocenters. The van der Waals surface area contributed by atoms with Crippen molar-refractivity contribution in [2.24, 2.45) is 0 Å². The molecular formula is C59H48N6. The first-order chi connectivity index (χ1) is 31.8. The van der Waals surface area contributed by atoms with Crippen LogP contribution in [0.4, 0.5) is 51.2 Å². The second-order valence-electron chi connectivity index (χ2n) is 15.2. The number of hydrogen-bond donors (Lipinski definition) is 0. The Labute approximate surface area is 381 Å². The minimum atomic E-state index is 0. The number of nitrogens with zero attached hydrogens (tertiary/aromatic N) is 6. The molecule has 10 aromatic rings. The van der Waals surface area contributed by atoms with E-state index in [1.807, 2.05) is 42.5 Å². The minimum absolute atomic E-state index is 0. The summed E-state index contributed by atoms with van der Waals surface area (Å²) in [6, 6.07) is 88.7. The highest BCUT2D eigenvalue weighted by atomic mass is 15.3. The molecule has 0 amide bonds. The third-order valence-corrected chi connectivity index (χ3v) is 11.1. The van der Waals surface area contributed by atoms with Crippen molar-refractivity contribution in [3.8, 4) is 17.1 Å². The molecule has 10 rings (SSSR count). The van der Waals surface area contributed by atoms with E-state index in [1.165, 1.54) is 0 Å². The lowest BCUT2D eigenvalue weighted by Gasteiger charge is -2.29. The summed E-state index contributed by atoms with van der Waals surface area (Å²) in [4.78, 5) is 6.87. The van der Waals surface area contributed by atoms with E-state index in [2.05, 4.69) is 249 Å². The Morgan fingerprint density at radius 3 is 0.938 bits per heavy atom. The van der Waals surface area contributed by atoms with Gasteiger partial charge in [0.25, 0.3) is 0 Å². The highest BCUT2D eigenvalue weighted by molar-refractivity contribution is 5.84. The summed E-state index contributed by atoms with van der Waals surface area (Å²) in [5.74, 6) is 1.51. The average Bonchev–Trinajstić information content (AvgIpc) is 3.81. The molecule has 0 saturated carbocycles. The van der Waals surface area contributed by atoms with Gasteiger partial charge >= 0.3 is 0 Å². The smallest absolute Gasteiger partial charge is 0.168 e. The topological polar surface area (TPSA) is 40.4 Å². The Kier molecular flexibility index (Phi) is 12.5. The van der Waals surface area contributed by atoms with Gasteiger partial charge in [-0.15, -0.1) is 10.2 Å². The Morgan fingerprint density at radius 1 is 0.292 bits per heavy atom. The Hall–Kier alpha value is -8.74. The molecule has 1 aromatic heterocycles. The molecule has 1 heterocycles. The van der Waals surface area contributed by atoms with Crippen LogP contribution in [0.3, 0.4) is 0 Å². The van der Waals surface area contributed by atoms with Gasteiger partial charge in [-0.2, -0.15) is 0 Å². The van der Waals surface area contributed by atoms with E-state index in [-0.39, 0.29) is 7.43 Å². The van der Waals surface area contributed by atoms with Crippen LogP contribution in [0.1, 0.15) is 18.8 Å². The maximum atomic E-state index is 4.76. The van der Waals surface area contributed by atoms with Gasteiger partial charge in [0.15, 0.2) is 11.6 Å². The van der Waals surface area contributed by atoms with Crippen molar-refractivity contribution < 1.29 is 0 Å². The summed E-state index contributed by atoms with van der Waals surface area (Å²) in [7, 11) is 0. The SMILES string of the molecule is C.C(=Cc1nnc(-c2ccc(N(c3ccc(N(c4ccccc4)c4ccccc4)cc3)c3ccc(N(c4ccccc4)c4ccccc4)cc3)cc2)n1-c1ccccc1)c1ccccc1. The molecule has 0 aliphatic heterocycles. The Balaban J connectivity index is 0.00000533. The van der Waals surface area contributed by atoms with E-state index >= 15 is 0 Å². The summed E-state index contributed by atoms with van der Waals surface area (Å²) in [5, 5.41) is 9.43. The zero-order valence-electron chi connectivity index (χ0n) is 35.1. The van der Waals surface area contributed by atoms with Gasteiger partial charge in [-0.05, 0) is 145 Å². The number of para-hydroxylation sites is 5. The van der Waals surface area contributed by atoms with Gasteiger partial charge in [0, 0.05) is 62.4 Å². The van der Waals surface area contributed by atoms with Crippen LogP contribution in [0.15, 0.2) is 255 Å². The second kappa shape index (κ2) is 19.5. The molecule has 0 aliphatic rings. The number of benzene rings is 9. The number of aromatic nitrogens is 3. The monoisotopic (exact) mass is 840 g/mol. The zero-order valence-corrected chi connectivity index (χ0v) is 35.1. The third-order valence-electron chi connectivity index (χ3n) is 11.1. The van der Waals surface area contributed by atoms with Crippen molar-refractivity contribution in [1.82, 2.24) is 14.8 Å². The van der Waals surface area contributed by atoms with Crippen LogP contribution in [0, 0.1) is 0 Å². The van der Waals surface area contributed by atoms with E-state index in [9.17, 15) is 0 Å². The van der Waals surface area contributed by atoms with E-state index in [0.717, 1.165) is 79.6 Å². The summed E-state index contributed by atoms with van der Waals surface area (Å²) >= 11 is 0. The van der Waals surface area contributed by atoms with Crippen molar-refractivity contribution in [3.63, 3.8) is 0 Å². The third kappa shape index (κ3) is 9.10. The van der Waals surface area contributed by atoms with Gasteiger partial charge in [-0.25, -0.2) is 0 Å². The Bertz CT molecular complexity index is 2840.